The van der Waals surface area contributed by atoms with Crippen LogP contribution in [0.3, 0.4) is 0 Å². The van der Waals surface area contributed by atoms with Crippen molar-refractivity contribution in [2.45, 2.75) is 24.3 Å². The molecule has 2 aromatic rings. The molecule has 0 amide bonds. The number of aliphatic hydroxyl groups is 1. The van der Waals surface area contributed by atoms with Gasteiger partial charge in [0.1, 0.15) is 0 Å². The summed E-state index contributed by atoms with van der Waals surface area (Å²) in [4.78, 5) is 1.25. The van der Waals surface area contributed by atoms with Crippen LogP contribution in [0.1, 0.15) is 11.1 Å². The summed E-state index contributed by atoms with van der Waals surface area (Å²) in [6.07, 6.45) is 0.417. The molecule has 0 saturated heterocycles. The molecule has 1 unspecified atom stereocenters. The van der Waals surface area contributed by atoms with Crippen molar-refractivity contribution in [2.75, 3.05) is 5.75 Å². The maximum absolute atomic E-state index is 10.1. The highest BCUT2D eigenvalue weighted by Gasteiger charge is 2.07. The zero-order valence-electron chi connectivity index (χ0n) is 10.8. The molecule has 1 atom stereocenters. The molecular weight excluding hydrogens is 367 g/mol. The summed E-state index contributed by atoms with van der Waals surface area (Å²) < 4.78 is 1.23. The molecule has 0 aliphatic carbocycles. The summed E-state index contributed by atoms with van der Waals surface area (Å²) in [6.45, 7) is 2.11. The van der Waals surface area contributed by atoms with E-state index in [9.17, 15) is 5.11 Å². The van der Waals surface area contributed by atoms with Gasteiger partial charge in [0.05, 0.1) is 6.10 Å². The lowest BCUT2D eigenvalue weighted by molar-refractivity contribution is 0.200. The van der Waals surface area contributed by atoms with Crippen molar-refractivity contribution in [3.05, 3.63) is 63.2 Å². The minimum absolute atomic E-state index is 0.301. The zero-order chi connectivity index (χ0) is 13.7. The molecular formula is C16H17IOS. The Hall–Kier alpha value is -0.520. The lowest BCUT2D eigenvalue weighted by atomic mass is 10.1. The Morgan fingerprint density at radius 1 is 1.11 bits per heavy atom. The fraction of sp³-hybridized carbons (Fsp3) is 0.250. The first kappa shape index (κ1) is 14.9. The van der Waals surface area contributed by atoms with Gasteiger partial charge < -0.3 is 5.11 Å². The first-order valence-corrected chi connectivity index (χ1v) is 8.32. The van der Waals surface area contributed by atoms with Gasteiger partial charge in [0.15, 0.2) is 0 Å². The van der Waals surface area contributed by atoms with E-state index in [2.05, 4.69) is 65.9 Å². The van der Waals surface area contributed by atoms with Gasteiger partial charge in [0.2, 0.25) is 0 Å². The van der Waals surface area contributed by atoms with Crippen molar-refractivity contribution in [3.63, 3.8) is 0 Å². The maximum atomic E-state index is 10.1. The van der Waals surface area contributed by atoms with Gasteiger partial charge in [-0.1, -0.05) is 30.3 Å². The third kappa shape index (κ3) is 4.82. The topological polar surface area (TPSA) is 20.2 Å². The normalized spacial score (nSPS) is 12.4. The molecule has 2 aromatic carbocycles. The van der Waals surface area contributed by atoms with Crippen LogP contribution in [0.5, 0.6) is 0 Å². The SMILES string of the molecule is Cc1ccccc1SCC(O)Cc1ccc(I)cc1. The van der Waals surface area contributed by atoms with Crippen LogP contribution >= 0.6 is 34.4 Å². The van der Waals surface area contributed by atoms with E-state index in [1.54, 1.807) is 11.8 Å². The van der Waals surface area contributed by atoms with E-state index in [1.165, 1.54) is 19.6 Å². The molecule has 0 spiro atoms. The summed E-state index contributed by atoms with van der Waals surface area (Å²) in [6, 6.07) is 16.6. The predicted octanol–water partition coefficient (Wildman–Crippen LogP) is 4.30. The Morgan fingerprint density at radius 2 is 1.79 bits per heavy atom. The molecule has 2 rings (SSSR count). The average molecular weight is 384 g/mol. The van der Waals surface area contributed by atoms with E-state index in [-0.39, 0.29) is 6.10 Å². The van der Waals surface area contributed by atoms with E-state index >= 15 is 0 Å². The molecule has 1 nitrogen and oxygen atoms in total. The Labute approximate surface area is 132 Å². The number of hydrogen-bond donors (Lipinski definition) is 1. The number of hydrogen-bond acceptors (Lipinski definition) is 2. The van der Waals surface area contributed by atoms with Crippen molar-refractivity contribution in [3.8, 4) is 0 Å². The lowest BCUT2D eigenvalue weighted by Crippen LogP contribution is -2.13. The highest BCUT2D eigenvalue weighted by Crippen LogP contribution is 2.23. The van der Waals surface area contributed by atoms with Gasteiger partial charge >= 0.3 is 0 Å². The third-order valence-electron chi connectivity index (χ3n) is 2.91. The zero-order valence-corrected chi connectivity index (χ0v) is 13.8. The van der Waals surface area contributed by atoms with Crippen molar-refractivity contribution in [1.82, 2.24) is 0 Å². The quantitative estimate of drug-likeness (QED) is 0.613. The van der Waals surface area contributed by atoms with E-state index < -0.39 is 0 Å². The molecule has 0 heterocycles. The summed E-state index contributed by atoms with van der Waals surface area (Å²) >= 11 is 4.02. The highest BCUT2D eigenvalue weighted by molar-refractivity contribution is 14.1. The minimum atomic E-state index is -0.301. The standard InChI is InChI=1S/C16H17IOS/c1-12-4-2-3-5-16(12)19-11-15(18)10-13-6-8-14(17)9-7-13/h2-9,15,18H,10-11H2,1H3. The summed E-state index contributed by atoms with van der Waals surface area (Å²) in [5.41, 5.74) is 2.47. The fourth-order valence-electron chi connectivity index (χ4n) is 1.86. The summed E-state index contributed by atoms with van der Waals surface area (Å²) in [5.74, 6) is 0.733. The minimum Gasteiger partial charge on any atom is -0.392 e. The molecule has 0 saturated carbocycles. The monoisotopic (exact) mass is 384 g/mol. The molecule has 0 aromatic heterocycles. The van der Waals surface area contributed by atoms with Gasteiger partial charge in [-0.15, -0.1) is 11.8 Å². The van der Waals surface area contributed by atoms with Crippen LogP contribution in [0.25, 0.3) is 0 Å². The van der Waals surface area contributed by atoms with Crippen LogP contribution in [-0.4, -0.2) is 17.0 Å². The van der Waals surface area contributed by atoms with Crippen LogP contribution in [-0.2, 0) is 6.42 Å². The van der Waals surface area contributed by atoms with Gasteiger partial charge in [0.25, 0.3) is 0 Å². The molecule has 0 aliphatic rings. The Kier molecular flexibility index (Phi) is 5.73. The molecule has 19 heavy (non-hydrogen) atoms. The first-order chi connectivity index (χ1) is 9.15. The van der Waals surface area contributed by atoms with E-state index in [4.69, 9.17) is 0 Å². The van der Waals surface area contributed by atoms with Crippen molar-refractivity contribution in [2.24, 2.45) is 0 Å². The fourth-order valence-corrected chi connectivity index (χ4v) is 3.18. The smallest absolute Gasteiger partial charge is 0.0674 e. The number of halogens is 1. The molecule has 100 valence electrons. The molecule has 1 N–H and O–H groups in total. The lowest BCUT2D eigenvalue weighted by Gasteiger charge is -2.11. The van der Waals surface area contributed by atoms with Crippen molar-refractivity contribution < 1.29 is 5.11 Å². The number of aryl methyl sites for hydroxylation is 1. The molecule has 0 radical (unpaired) electrons. The van der Waals surface area contributed by atoms with E-state index in [1.807, 2.05) is 12.1 Å². The molecule has 3 heteroatoms. The number of thioether (sulfide) groups is 1. The third-order valence-corrected chi connectivity index (χ3v) is 4.95. The largest absolute Gasteiger partial charge is 0.392 e. The van der Waals surface area contributed by atoms with Gasteiger partial charge in [-0.2, -0.15) is 0 Å². The first-order valence-electron chi connectivity index (χ1n) is 6.26. The summed E-state index contributed by atoms with van der Waals surface area (Å²) in [7, 11) is 0. The van der Waals surface area contributed by atoms with Crippen LogP contribution < -0.4 is 0 Å². The van der Waals surface area contributed by atoms with E-state index in [0.717, 1.165) is 12.2 Å². The van der Waals surface area contributed by atoms with E-state index in [0.29, 0.717) is 0 Å². The number of benzene rings is 2. The number of aliphatic hydroxyl groups excluding tert-OH is 1. The second kappa shape index (κ2) is 7.31. The Bertz CT molecular complexity index is 525. The average Bonchev–Trinajstić information content (AvgIpc) is 2.40. The molecule has 0 fully saturated rings. The molecule has 0 aliphatic heterocycles. The second-order valence-electron chi connectivity index (χ2n) is 4.56. The Morgan fingerprint density at radius 3 is 2.47 bits per heavy atom. The van der Waals surface area contributed by atoms with Gasteiger partial charge in [-0.25, -0.2) is 0 Å². The molecule has 0 bridgehead atoms. The maximum Gasteiger partial charge on any atom is 0.0674 e. The van der Waals surface area contributed by atoms with Gasteiger partial charge in [-0.3, -0.25) is 0 Å². The second-order valence-corrected chi connectivity index (χ2v) is 6.87. The van der Waals surface area contributed by atoms with Crippen LogP contribution in [0, 0.1) is 10.5 Å². The van der Waals surface area contributed by atoms with Crippen molar-refractivity contribution in [1.29, 1.82) is 0 Å². The number of rotatable bonds is 5. The highest BCUT2D eigenvalue weighted by atomic mass is 127. The van der Waals surface area contributed by atoms with Crippen LogP contribution in [0.2, 0.25) is 0 Å². The van der Waals surface area contributed by atoms with Crippen LogP contribution in [0.4, 0.5) is 0 Å². The Balaban J connectivity index is 1.86. The summed E-state index contributed by atoms with van der Waals surface area (Å²) in [5, 5.41) is 10.1. The van der Waals surface area contributed by atoms with Crippen LogP contribution in [0.15, 0.2) is 53.4 Å². The van der Waals surface area contributed by atoms with Crippen molar-refractivity contribution >= 4 is 34.4 Å². The van der Waals surface area contributed by atoms with Gasteiger partial charge in [-0.05, 0) is 65.3 Å². The predicted molar refractivity (Wildman–Crippen MR) is 90.8 cm³/mol. The van der Waals surface area contributed by atoms with Gasteiger partial charge in [0, 0.05) is 14.2 Å².